The van der Waals surface area contributed by atoms with Gasteiger partial charge < -0.3 is 0 Å². The van der Waals surface area contributed by atoms with Crippen LogP contribution in [0.2, 0.25) is 0 Å². The van der Waals surface area contributed by atoms with Gasteiger partial charge in [0.1, 0.15) is 11.4 Å². The molecule has 4 aromatic carbocycles. The zero-order valence-corrected chi connectivity index (χ0v) is 21.0. The van der Waals surface area contributed by atoms with E-state index >= 15 is 0 Å². The third kappa shape index (κ3) is 4.65. The van der Waals surface area contributed by atoms with Crippen molar-refractivity contribution in [2.45, 2.75) is 18.5 Å². The van der Waals surface area contributed by atoms with Gasteiger partial charge >= 0.3 is 18.5 Å². The fourth-order valence-corrected chi connectivity index (χ4v) is 5.98. The molecule has 0 fully saturated rings. The first-order valence-electron chi connectivity index (χ1n) is 11.8. The lowest BCUT2D eigenvalue weighted by molar-refractivity contribution is -0.163. The normalized spacial score (nSPS) is 13.0. The molecule has 0 saturated carbocycles. The monoisotopic (exact) mass is 592 g/mol. The van der Waals surface area contributed by atoms with Crippen LogP contribution < -0.4 is 0 Å². The Morgan fingerprint density at radius 2 is 1.02 bits per heavy atom. The molecule has 0 atom stereocenters. The Balaban J connectivity index is 1.79. The van der Waals surface area contributed by atoms with Crippen LogP contribution in [0.3, 0.4) is 0 Å². The van der Waals surface area contributed by atoms with E-state index in [9.17, 15) is 39.5 Å². The highest BCUT2D eigenvalue weighted by molar-refractivity contribution is 7.22. The number of fused-ring (bicyclic) bond motifs is 3. The highest BCUT2D eigenvalue weighted by Gasteiger charge is 2.49. The van der Waals surface area contributed by atoms with Crippen molar-refractivity contribution in [3.8, 4) is 21.8 Å². The van der Waals surface area contributed by atoms with Gasteiger partial charge in [-0.2, -0.15) is 39.5 Å². The Bertz CT molecular complexity index is 1940. The van der Waals surface area contributed by atoms with Crippen molar-refractivity contribution in [1.82, 2.24) is 10.2 Å². The van der Waals surface area contributed by atoms with Crippen LogP contribution in [0.25, 0.3) is 53.5 Å². The zero-order valence-electron chi connectivity index (χ0n) is 20.2. The first-order valence-corrected chi connectivity index (χ1v) is 12.6. The molecule has 0 saturated heterocycles. The molecule has 0 radical (unpaired) electrons. The lowest BCUT2D eigenvalue weighted by atomic mass is 9.89. The Morgan fingerprint density at radius 3 is 1.59 bits per heavy atom. The highest BCUT2D eigenvalue weighted by atomic mass is 32.1. The van der Waals surface area contributed by atoms with Crippen molar-refractivity contribution in [2.24, 2.45) is 0 Å². The smallest absolute Gasteiger partial charge is 0.166 e. The molecule has 0 bridgehead atoms. The summed E-state index contributed by atoms with van der Waals surface area (Å²) in [6.45, 7) is 0. The van der Waals surface area contributed by atoms with Crippen molar-refractivity contribution in [1.29, 1.82) is 0 Å². The number of aromatic nitrogens is 2. The Hall–Kier alpha value is -4.19. The van der Waals surface area contributed by atoms with Gasteiger partial charge in [-0.05, 0) is 52.6 Å². The summed E-state index contributed by atoms with van der Waals surface area (Å²) >= 11 is 1.28. The van der Waals surface area contributed by atoms with Crippen LogP contribution in [-0.2, 0) is 18.5 Å². The van der Waals surface area contributed by atoms with Crippen LogP contribution in [0.5, 0.6) is 0 Å². The topological polar surface area (TPSA) is 25.8 Å². The first kappa shape index (κ1) is 27.0. The average molecular weight is 592 g/mol. The summed E-state index contributed by atoms with van der Waals surface area (Å²) in [5, 5.41) is 9.61. The van der Waals surface area contributed by atoms with Crippen molar-refractivity contribution in [3.05, 3.63) is 95.6 Å². The predicted octanol–water partition coefficient (Wildman–Crippen LogP) is 10.4. The van der Waals surface area contributed by atoms with E-state index < -0.39 is 46.5 Å². The number of hydrogen-bond acceptors (Lipinski definition) is 3. The minimum Gasteiger partial charge on any atom is -0.166 e. The van der Waals surface area contributed by atoms with Crippen molar-refractivity contribution in [3.63, 3.8) is 0 Å². The van der Waals surface area contributed by atoms with E-state index in [0.29, 0.717) is 15.6 Å². The van der Waals surface area contributed by atoms with E-state index in [1.807, 2.05) is 12.1 Å². The van der Waals surface area contributed by atoms with E-state index in [1.165, 1.54) is 23.5 Å². The van der Waals surface area contributed by atoms with E-state index in [-0.39, 0.29) is 28.6 Å². The third-order valence-corrected chi connectivity index (χ3v) is 7.76. The summed E-state index contributed by atoms with van der Waals surface area (Å²) in [5.74, 6) is 0. The standard InChI is InChI=1S/C29H13F9N2S/c30-27(31,32)19-9-10-20(28(33,34)35)24(29(36,37)38)23(19)26-18-12-15-6-2-1-5-14(15)11-17(18)25(39-40-26)22-13-16-7-3-4-8-21(16)41-22/h1-13H. The van der Waals surface area contributed by atoms with Crippen molar-refractivity contribution >= 4 is 43.0 Å². The number of thiophene rings is 1. The summed E-state index contributed by atoms with van der Waals surface area (Å²) in [6, 6.07) is 18.2. The van der Waals surface area contributed by atoms with Crippen LogP contribution in [0.4, 0.5) is 39.5 Å². The number of alkyl halides is 9. The molecule has 0 aliphatic rings. The number of halogens is 9. The average Bonchev–Trinajstić information content (AvgIpc) is 3.33. The SMILES string of the molecule is FC(F)(F)c1ccc(C(F)(F)F)c(C(F)(F)F)c1-c1nnc(-c2cc3ccccc3s2)c2cc3ccccc3cc12. The molecule has 2 nitrogen and oxygen atoms in total. The quantitative estimate of drug-likeness (QED) is 0.148. The molecular weight excluding hydrogens is 579 g/mol. The Morgan fingerprint density at radius 1 is 0.512 bits per heavy atom. The maximum atomic E-state index is 14.3. The van der Waals surface area contributed by atoms with Gasteiger partial charge in [0.05, 0.1) is 21.6 Å². The summed E-state index contributed by atoms with van der Waals surface area (Å²) in [4.78, 5) is 0.529. The van der Waals surface area contributed by atoms with E-state index in [1.54, 1.807) is 42.5 Å². The van der Waals surface area contributed by atoms with Crippen LogP contribution in [0.1, 0.15) is 16.7 Å². The summed E-state index contributed by atoms with van der Waals surface area (Å²) in [5.41, 5.74) is -9.15. The second-order valence-electron chi connectivity index (χ2n) is 9.19. The van der Waals surface area contributed by atoms with E-state index in [2.05, 4.69) is 10.2 Å². The van der Waals surface area contributed by atoms with Crippen molar-refractivity contribution in [2.75, 3.05) is 0 Å². The zero-order chi connectivity index (χ0) is 29.3. The summed E-state index contributed by atoms with van der Waals surface area (Å²) in [6.07, 6.45) is -16.8. The maximum Gasteiger partial charge on any atom is 0.417 e. The molecule has 12 heteroatoms. The molecule has 0 aliphatic heterocycles. The molecule has 6 rings (SSSR count). The first-order chi connectivity index (χ1) is 19.2. The second-order valence-corrected chi connectivity index (χ2v) is 10.3. The maximum absolute atomic E-state index is 14.3. The molecule has 0 spiro atoms. The van der Waals surface area contributed by atoms with Gasteiger partial charge in [-0.25, -0.2) is 0 Å². The fourth-order valence-electron chi connectivity index (χ4n) is 4.92. The predicted molar refractivity (Wildman–Crippen MR) is 138 cm³/mol. The second kappa shape index (κ2) is 9.16. The highest BCUT2D eigenvalue weighted by Crippen LogP contribution is 2.51. The Labute approximate surface area is 228 Å². The van der Waals surface area contributed by atoms with Crippen LogP contribution in [0.15, 0.2) is 78.9 Å². The van der Waals surface area contributed by atoms with Crippen LogP contribution in [0, 0.1) is 0 Å². The van der Waals surface area contributed by atoms with Gasteiger partial charge in [-0.3, -0.25) is 0 Å². The van der Waals surface area contributed by atoms with Crippen molar-refractivity contribution < 1.29 is 39.5 Å². The molecule has 2 heterocycles. The lowest BCUT2D eigenvalue weighted by Gasteiger charge is -2.23. The molecule has 6 aromatic rings. The molecule has 0 amide bonds. The number of hydrogen-bond donors (Lipinski definition) is 0. The Kier molecular flexibility index (Phi) is 6.04. The summed E-state index contributed by atoms with van der Waals surface area (Å²) < 4.78 is 128. The van der Waals surface area contributed by atoms with Gasteiger partial charge in [-0.15, -0.1) is 21.5 Å². The van der Waals surface area contributed by atoms with E-state index in [4.69, 9.17) is 0 Å². The van der Waals surface area contributed by atoms with Gasteiger partial charge in [0.2, 0.25) is 0 Å². The lowest BCUT2D eigenvalue weighted by Crippen LogP contribution is -2.21. The molecule has 2 aromatic heterocycles. The number of nitrogens with zero attached hydrogens (tertiary/aromatic N) is 2. The largest absolute Gasteiger partial charge is 0.417 e. The fraction of sp³-hybridized carbons (Fsp3) is 0.103. The number of rotatable bonds is 2. The van der Waals surface area contributed by atoms with Crippen LogP contribution in [-0.4, -0.2) is 10.2 Å². The minimum absolute atomic E-state index is 0.00184. The van der Waals surface area contributed by atoms with Crippen LogP contribution >= 0.6 is 11.3 Å². The summed E-state index contributed by atoms with van der Waals surface area (Å²) in [7, 11) is 0. The van der Waals surface area contributed by atoms with Gasteiger partial charge in [-0.1, -0.05) is 42.5 Å². The third-order valence-electron chi connectivity index (χ3n) is 6.64. The molecule has 208 valence electrons. The molecule has 0 unspecified atom stereocenters. The number of benzene rings is 4. The minimum atomic E-state index is -5.81. The van der Waals surface area contributed by atoms with Gasteiger partial charge in [0.25, 0.3) is 0 Å². The molecule has 41 heavy (non-hydrogen) atoms. The molecule has 0 N–H and O–H groups in total. The van der Waals surface area contributed by atoms with Gasteiger partial charge in [0.15, 0.2) is 0 Å². The molecular formula is C29H13F9N2S. The van der Waals surface area contributed by atoms with E-state index in [0.717, 1.165) is 10.1 Å². The van der Waals surface area contributed by atoms with Gasteiger partial charge in [0, 0.05) is 21.0 Å². The molecule has 0 aliphatic carbocycles.